The van der Waals surface area contributed by atoms with Gasteiger partial charge in [0.2, 0.25) is 0 Å². The topological polar surface area (TPSA) is 77.8 Å². The Balaban J connectivity index is 0.000000229. The van der Waals surface area contributed by atoms with Crippen LogP contribution in [0.25, 0.3) is 10.8 Å². The van der Waals surface area contributed by atoms with Crippen molar-refractivity contribution in [2.75, 3.05) is 0 Å². The van der Waals surface area contributed by atoms with E-state index in [1.807, 2.05) is 53.7 Å². The van der Waals surface area contributed by atoms with Crippen molar-refractivity contribution in [1.29, 1.82) is 0 Å². The maximum absolute atomic E-state index is 11.5. The minimum atomic E-state index is -0.236. The molecular weight excluding hydrogens is 484 g/mol. The lowest BCUT2D eigenvalue weighted by atomic mass is 9.74. The normalized spacial score (nSPS) is 19.4. The Labute approximate surface area is 238 Å². The number of hydrogen-bond acceptors (Lipinski definition) is 4. The van der Waals surface area contributed by atoms with Crippen LogP contribution in [0.2, 0.25) is 0 Å². The van der Waals surface area contributed by atoms with Crippen LogP contribution in [-0.4, -0.2) is 27.2 Å². The average Bonchev–Trinajstić information content (AvgIpc) is 3.26. The summed E-state index contributed by atoms with van der Waals surface area (Å²) in [5.74, 6) is 2.32. The highest BCUT2D eigenvalue weighted by molar-refractivity contribution is 5.93. The molecule has 2 aromatic carbocycles. The molecule has 0 radical (unpaired) electrons. The molecule has 0 heterocycles. The van der Waals surface area contributed by atoms with Gasteiger partial charge in [0, 0.05) is 16.2 Å². The van der Waals surface area contributed by atoms with Gasteiger partial charge in [0.1, 0.15) is 17.3 Å². The molecule has 0 aliphatic heterocycles. The molecule has 2 atom stereocenters. The molecule has 220 valence electrons. The maximum Gasteiger partial charge on any atom is 0.143 e. The molecule has 0 bridgehead atoms. The number of benzene rings is 2. The van der Waals surface area contributed by atoms with Crippen LogP contribution in [-0.2, 0) is 11.2 Å². The van der Waals surface area contributed by atoms with Crippen LogP contribution in [0.3, 0.4) is 0 Å². The Kier molecular flexibility index (Phi) is 10.0. The summed E-state index contributed by atoms with van der Waals surface area (Å²) in [5.41, 5.74) is 2.37. The molecule has 2 aromatic rings. The highest BCUT2D eigenvalue weighted by Gasteiger charge is 2.35. The van der Waals surface area contributed by atoms with E-state index in [1.165, 1.54) is 36.8 Å². The summed E-state index contributed by atoms with van der Waals surface area (Å²) >= 11 is 0. The van der Waals surface area contributed by atoms with Crippen molar-refractivity contribution < 1.29 is 20.1 Å². The van der Waals surface area contributed by atoms with E-state index in [0.717, 1.165) is 23.1 Å². The first-order valence-electron chi connectivity index (χ1n) is 14.8. The predicted octanol–water partition coefficient (Wildman–Crippen LogP) is 9.17. The van der Waals surface area contributed by atoms with Crippen molar-refractivity contribution >= 4 is 16.6 Å². The molecule has 1 fully saturated rings. The maximum atomic E-state index is 11.5. The van der Waals surface area contributed by atoms with Crippen LogP contribution in [0.15, 0.2) is 24.3 Å². The van der Waals surface area contributed by atoms with E-state index in [9.17, 15) is 20.1 Å². The van der Waals surface area contributed by atoms with E-state index in [0.29, 0.717) is 17.5 Å². The first-order valence-corrected chi connectivity index (χ1v) is 14.8. The molecule has 0 saturated heterocycles. The summed E-state index contributed by atoms with van der Waals surface area (Å²) in [6, 6.07) is 7.31. The second-order valence-electron chi connectivity index (χ2n) is 16.0. The highest BCUT2D eigenvalue weighted by atomic mass is 16.3. The average molecular weight is 541 g/mol. The van der Waals surface area contributed by atoms with Crippen LogP contribution in [0.1, 0.15) is 126 Å². The predicted molar refractivity (Wildman–Crippen MR) is 165 cm³/mol. The number of aryl methyl sites for hydroxylation is 1. The Morgan fingerprint density at radius 3 is 1.74 bits per heavy atom. The van der Waals surface area contributed by atoms with Crippen LogP contribution in [0.5, 0.6) is 11.5 Å². The van der Waals surface area contributed by atoms with Gasteiger partial charge < -0.3 is 15.3 Å². The van der Waals surface area contributed by atoms with Crippen molar-refractivity contribution in [3.63, 3.8) is 0 Å². The Morgan fingerprint density at radius 1 is 0.769 bits per heavy atom. The molecule has 4 heteroatoms. The summed E-state index contributed by atoms with van der Waals surface area (Å²) in [6.07, 6.45) is 6.08. The lowest BCUT2D eigenvalue weighted by molar-refractivity contribution is -0.134. The minimum Gasteiger partial charge on any atom is -0.508 e. The van der Waals surface area contributed by atoms with E-state index >= 15 is 0 Å². The number of hydrogen-bond donors (Lipinski definition) is 3. The number of aromatic hydroxyl groups is 2. The lowest BCUT2D eigenvalue weighted by Crippen LogP contribution is -2.37. The van der Waals surface area contributed by atoms with Crippen molar-refractivity contribution in [3.05, 3.63) is 35.4 Å². The van der Waals surface area contributed by atoms with Crippen molar-refractivity contribution in [1.82, 2.24) is 0 Å². The Hall–Kier alpha value is -2.07. The molecular formula is C35H56O4. The number of Topliss-reactive ketones (excluding diaryl/α,β-unsaturated/α-hetero) is 1. The molecule has 3 N–H and O–H groups in total. The third-order valence-electron chi connectivity index (χ3n) is 8.07. The molecule has 2 unspecified atom stereocenters. The first kappa shape index (κ1) is 33.1. The smallest absolute Gasteiger partial charge is 0.143 e. The number of fused-ring (bicyclic) bond motifs is 5. The summed E-state index contributed by atoms with van der Waals surface area (Å²) < 4.78 is 0. The largest absolute Gasteiger partial charge is 0.508 e. The molecule has 0 aromatic heterocycles. The number of ketones is 1. The molecule has 0 spiro atoms. The molecule has 4 nitrogen and oxygen atoms in total. The van der Waals surface area contributed by atoms with Crippen LogP contribution in [0.4, 0.5) is 0 Å². The number of rotatable bonds is 0. The Morgan fingerprint density at radius 2 is 1.31 bits per heavy atom. The van der Waals surface area contributed by atoms with Gasteiger partial charge in [-0.2, -0.15) is 0 Å². The van der Waals surface area contributed by atoms with Crippen LogP contribution >= 0.6 is 0 Å². The summed E-state index contributed by atoms with van der Waals surface area (Å²) in [5, 5.41) is 31.5. The van der Waals surface area contributed by atoms with E-state index in [2.05, 4.69) is 41.5 Å². The third-order valence-corrected chi connectivity index (χ3v) is 8.07. The van der Waals surface area contributed by atoms with Gasteiger partial charge in [0.15, 0.2) is 0 Å². The van der Waals surface area contributed by atoms with Crippen LogP contribution in [0, 0.1) is 27.6 Å². The summed E-state index contributed by atoms with van der Waals surface area (Å²) in [6.45, 7) is 24.1. The lowest BCUT2D eigenvalue weighted by Gasteiger charge is -2.36. The molecule has 2 aliphatic carbocycles. The fraction of sp³-hybridized carbons (Fsp3) is 0.686. The van der Waals surface area contributed by atoms with Gasteiger partial charge in [-0.25, -0.2) is 0 Å². The number of carbonyl (C=O) groups excluding carboxylic acids is 1. The quantitative estimate of drug-likeness (QED) is 0.311. The minimum absolute atomic E-state index is 0.00174. The number of aliphatic hydroxyl groups excluding tert-OH is 1. The summed E-state index contributed by atoms with van der Waals surface area (Å²) in [7, 11) is 0. The van der Waals surface area contributed by atoms with Gasteiger partial charge >= 0.3 is 0 Å². The number of aliphatic hydroxyl groups is 1. The monoisotopic (exact) mass is 540 g/mol. The highest BCUT2D eigenvalue weighted by Crippen LogP contribution is 2.50. The second-order valence-corrected chi connectivity index (χ2v) is 16.0. The van der Waals surface area contributed by atoms with Gasteiger partial charge in [-0.1, -0.05) is 95.6 Å². The first-order chi connectivity index (χ1) is 17.5. The van der Waals surface area contributed by atoms with E-state index in [1.54, 1.807) is 12.1 Å². The van der Waals surface area contributed by atoms with Crippen LogP contribution < -0.4 is 0 Å². The second kappa shape index (κ2) is 11.8. The van der Waals surface area contributed by atoms with Crippen molar-refractivity contribution in [2.24, 2.45) is 27.6 Å². The fourth-order valence-electron chi connectivity index (χ4n) is 6.63. The zero-order chi connectivity index (χ0) is 30.1. The fourth-order valence-corrected chi connectivity index (χ4v) is 6.63. The number of carbonyl (C=O) groups is 1. The standard InChI is InChI=1S/C17H18O2.C9H20O.C9H18O/c18-11-5-7-14-13-6-4-10-2-1-3-12(10)15(13)9-17(19)16(14)8-11;2*1-8(2,3)7(10)9(4,5)6/h5,7-10,12,18-19H,1-4,6H2;7,10H,1-6H3;1-6H3. The van der Waals surface area contributed by atoms with Crippen molar-refractivity contribution in [2.45, 2.75) is 127 Å². The third kappa shape index (κ3) is 8.46. The van der Waals surface area contributed by atoms with Gasteiger partial charge in [0.05, 0.1) is 6.10 Å². The number of phenols is 2. The molecule has 4 rings (SSSR count). The van der Waals surface area contributed by atoms with E-state index < -0.39 is 0 Å². The molecule has 0 amide bonds. The Bertz CT molecular complexity index is 1100. The molecule has 1 saturated carbocycles. The van der Waals surface area contributed by atoms with Gasteiger partial charge in [-0.15, -0.1) is 0 Å². The zero-order valence-corrected chi connectivity index (χ0v) is 26.8. The van der Waals surface area contributed by atoms with E-state index in [-0.39, 0.29) is 33.5 Å². The number of phenolic OH excluding ortho intramolecular Hbond substituents is 2. The SMILES string of the molecule is CC(C)(C)C(=O)C(C)(C)C.CC(C)(C)C(O)C(C)(C)C.Oc1ccc2c3c(cc(O)c2c1)C1CCCC1CC3. The molecule has 2 aliphatic rings. The van der Waals surface area contributed by atoms with Crippen molar-refractivity contribution in [3.8, 4) is 11.5 Å². The molecule has 39 heavy (non-hydrogen) atoms. The van der Waals surface area contributed by atoms with E-state index in [4.69, 9.17) is 0 Å². The van der Waals surface area contributed by atoms with Gasteiger partial charge in [-0.05, 0) is 83.1 Å². The van der Waals surface area contributed by atoms with Gasteiger partial charge in [0.25, 0.3) is 0 Å². The van der Waals surface area contributed by atoms with Gasteiger partial charge in [-0.3, -0.25) is 4.79 Å². The summed E-state index contributed by atoms with van der Waals surface area (Å²) in [4.78, 5) is 11.5. The zero-order valence-electron chi connectivity index (χ0n) is 26.8.